The average Bonchev–Trinajstić information content (AvgIpc) is 2.69. The average molecular weight is 335 g/mol. The summed E-state index contributed by atoms with van der Waals surface area (Å²) in [6.45, 7) is 2.33. The number of fused-ring (bicyclic) bond motifs is 1. The minimum atomic E-state index is -0.153. The third-order valence-electron chi connectivity index (χ3n) is 4.12. The molecule has 0 saturated carbocycles. The molecule has 7 nitrogen and oxygen atoms in total. The lowest BCUT2D eigenvalue weighted by Crippen LogP contribution is -2.43. The second-order valence-corrected chi connectivity index (χ2v) is 5.77. The molecule has 1 aliphatic heterocycles. The van der Waals surface area contributed by atoms with Crippen LogP contribution in [0.2, 0.25) is 0 Å². The number of ether oxygens (including phenoxy) is 1. The van der Waals surface area contributed by atoms with Crippen LogP contribution in [0.5, 0.6) is 0 Å². The molecule has 3 heterocycles. The monoisotopic (exact) mass is 335 g/mol. The van der Waals surface area contributed by atoms with Crippen LogP contribution in [0.3, 0.4) is 0 Å². The molecular weight excluding hydrogens is 318 g/mol. The van der Waals surface area contributed by atoms with Crippen LogP contribution in [0.4, 0.5) is 10.6 Å². The van der Waals surface area contributed by atoms with E-state index < -0.39 is 0 Å². The van der Waals surface area contributed by atoms with Crippen molar-refractivity contribution < 1.29 is 9.53 Å². The first-order chi connectivity index (χ1) is 12.3. The number of rotatable bonds is 2. The molecule has 1 aromatic carbocycles. The maximum absolute atomic E-state index is 12.3. The van der Waals surface area contributed by atoms with E-state index in [1.165, 1.54) is 0 Å². The number of benzene rings is 1. The van der Waals surface area contributed by atoms with Gasteiger partial charge in [-0.3, -0.25) is 5.32 Å². The number of carbonyl (C=O) groups is 1. The van der Waals surface area contributed by atoms with E-state index in [4.69, 9.17) is 4.74 Å². The summed E-state index contributed by atoms with van der Waals surface area (Å²) in [5.74, 6) is 0.528. The molecular formula is C18H17N5O2. The Hall–Kier alpha value is -3.06. The Labute approximate surface area is 144 Å². The number of aromatic nitrogens is 3. The first-order valence-corrected chi connectivity index (χ1v) is 8.11. The van der Waals surface area contributed by atoms with Gasteiger partial charge >= 0.3 is 6.03 Å². The highest BCUT2D eigenvalue weighted by molar-refractivity contribution is 5.93. The number of amides is 2. The largest absolute Gasteiger partial charge is 0.378 e. The van der Waals surface area contributed by atoms with Crippen molar-refractivity contribution in [2.45, 2.75) is 0 Å². The molecule has 126 valence electrons. The van der Waals surface area contributed by atoms with Gasteiger partial charge in [0.05, 0.1) is 18.9 Å². The molecule has 7 heteroatoms. The summed E-state index contributed by atoms with van der Waals surface area (Å²) in [6.07, 6.45) is 3.40. The standard InChI is InChI=1S/C18H17N5O2/c24-18(23-6-8-25-9-7-23)21-17-11-15-10-13(3-4-14(15)12-19-17)16-2-1-5-20-22-16/h1-5,10-12H,6-9H2,(H,19,21,24). The van der Waals surface area contributed by atoms with E-state index in [0.717, 1.165) is 22.0 Å². The van der Waals surface area contributed by atoms with Gasteiger partial charge < -0.3 is 9.64 Å². The van der Waals surface area contributed by atoms with E-state index in [9.17, 15) is 4.79 Å². The van der Waals surface area contributed by atoms with Gasteiger partial charge in [-0.05, 0) is 29.7 Å². The molecule has 0 radical (unpaired) electrons. The van der Waals surface area contributed by atoms with Crippen LogP contribution in [0, 0.1) is 0 Å². The highest BCUT2D eigenvalue weighted by atomic mass is 16.5. The van der Waals surface area contributed by atoms with Gasteiger partial charge in [-0.25, -0.2) is 9.78 Å². The Balaban J connectivity index is 1.59. The zero-order chi connectivity index (χ0) is 17.1. The molecule has 4 rings (SSSR count). The minimum absolute atomic E-state index is 0.153. The van der Waals surface area contributed by atoms with Gasteiger partial charge in [0.1, 0.15) is 5.82 Å². The fourth-order valence-electron chi connectivity index (χ4n) is 2.78. The van der Waals surface area contributed by atoms with Gasteiger partial charge in [0.2, 0.25) is 0 Å². The second kappa shape index (κ2) is 6.82. The van der Waals surface area contributed by atoms with Crippen molar-refractivity contribution in [1.82, 2.24) is 20.1 Å². The van der Waals surface area contributed by atoms with Crippen molar-refractivity contribution in [2.75, 3.05) is 31.6 Å². The van der Waals surface area contributed by atoms with Crippen LogP contribution in [0.1, 0.15) is 0 Å². The maximum atomic E-state index is 12.3. The van der Waals surface area contributed by atoms with Crippen LogP contribution in [0.25, 0.3) is 22.0 Å². The summed E-state index contributed by atoms with van der Waals surface area (Å²) >= 11 is 0. The summed E-state index contributed by atoms with van der Waals surface area (Å²) < 4.78 is 5.26. The smallest absolute Gasteiger partial charge is 0.323 e. The van der Waals surface area contributed by atoms with Crippen LogP contribution in [0.15, 0.2) is 48.8 Å². The van der Waals surface area contributed by atoms with E-state index in [-0.39, 0.29) is 6.03 Å². The van der Waals surface area contributed by atoms with Gasteiger partial charge in [-0.1, -0.05) is 12.1 Å². The number of morpholine rings is 1. The van der Waals surface area contributed by atoms with Gasteiger partial charge in [-0.15, -0.1) is 0 Å². The zero-order valence-electron chi connectivity index (χ0n) is 13.6. The molecule has 1 fully saturated rings. The molecule has 1 aliphatic rings. The fraction of sp³-hybridized carbons (Fsp3) is 0.222. The number of hydrogen-bond acceptors (Lipinski definition) is 5. The van der Waals surface area contributed by atoms with Crippen molar-refractivity contribution in [3.8, 4) is 11.3 Å². The zero-order valence-corrected chi connectivity index (χ0v) is 13.6. The minimum Gasteiger partial charge on any atom is -0.378 e. The molecule has 25 heavy (non-hydrogen) atoms. The first-order valence-electron chi connectivity index (χ1n) is 8.11. The topological polar surface area (TPSA) is 80.2 Å². The molecule has 2 amide bonds. The lowest BCUT2D eigenvalue weighted by Gasteiger charge is -2.26. The quantitative estimate of drug-likeness (QED) is 0.778. The van der Waals surface area contributed by atoms with Crippen LogP contribution >= 0.6 is 0 Å². The van der Waals surface area contributed by atoms with Crippen molar-refractivity contribution >= 4 is 22.6 Å². The third kappa shape index (κ3) is 3.41. The normalized spacial score (nSPS) is 14.5. The molecule has 0 unspecified atom stereocenters. The Morgan fingerprint density at radius 3 is 2.80 bits per heavy atom. The predicted molar refractivity (Wildman–Crippen MR) is 94.2 cm³/mol. The molecule has 0 atom stereocenters. The Bertz CT molecular complexity index is 894. The molecule has 1 N–H and O–H groups in total. The van der Waals surface area contributed by atoms with Crippen molar-refractivity contribution in [3.63, 3.8) is 0 Å². The van der Waals surface area contributed by atoms with Gasteiger partial charge in [0.25, 0.3) is 0 Å². The summed E-state index contributed by atoms with van der Waals surface area (Å²) in [4.78, 5) is 18.3. The highest BCUT2D eigenvalue weighted by Gasteiger charge is 2.17. The molecule has 1 saturated heterocycles. The fourth-order valence-corrected chi connectivity index (χ4v) is 2.78. The number of hydrogen-bond donors (Lipinski definition) is 1. The van der Waals surface area contributed by atoms with Crippen molar-refractivity contribution in [3.05, 3.63) is 48.8 Å². The molecule has 2 aromatic heterocycles. The van der Waals surface area contributed by atoms with Crippen LogP contribution in [-0.4, -0.2) is 52.4 Å². The number of carbonyl (C=O) groups excluding carboxylic acids is 1. The Kier molecular flexibility index (Phi) is 4.22. The third-order valence-corrected chi connectivity index (χ3v) is 4.12. The number of pyridine rings is 1. The van der Waals surface area contributed by atoms with E-state index in [2.05, 4.69) is 20.5 Å². The van der Waals surface area contributed by atoms with E-state index in [1.807, 2.05) is 36.4 Å². The van der Waals surface area contributed by atoms with Crippen LogP contribution in [-0.2, 0) is 4.74 Å². The molecule has 0 spiro atoms. The van der Waals surface area contributed by atoms with Gasteiger partial charge in [0, 0.05) is 36.4 Å². The number of nitrogens with zero attached hydrogens (tertiary/aromatic N) is 4. The Morgan fingerprint density at radius 1 is 1.12 bits per heavy atom. The van der Waals surface area contributed by atoms with E-state index in [1.54, 1.807) is 17.3 Å². The Morgan fingerprint density at radius 2 is 2.00 bits per heavy atom. The molecule has 0 bridgehead atoms. The predicted octanol–water partition coefficient (Wildman–Crippen LogP) is 2.56. The summed E-state index contributed by atoms with van der Waals surface area (Å²) in [6, 6.07) is 11.5. The molecule has 3 aromatic rings. The maximum Gasteiger partial charge on any atom is 0.323 e. The lowest BCUT2D eigenvalue weighted by atomic mass is 10.1. The van der Waals surface area contributed by atoms with Gasteiger partial charge in [-0.2, -0.15) is 10.2 Å². The van der Waals surface area contributed by atoms with Crippen molar-refractivity contribution in [2.24, 2.45) is 0 Å². The van der Waals surface area contributed by atoms with E-state index in [0.29, 0.717) is 32.1 Å². The first kappa shape index (κ1) is 15.5. The summed E-state index contributed by atoms with van der Waals surface area (Å²) in [5, 5.41) is 12.9. The second-order valence-electron chi connectivity index (χ2n) is 5.77. The highest BCUT2D eigenvalue weighted by Crippen LogP contribution is 2.24. The lowest BCUT2D eigenvalue weighted by molar-refractivity contribution is 0.0564. The van der Waals surface area contributed by atoms with Crippen LogP contribution < -0.4 is 5.32 Å². The number of anilines is 1. The number of nitrogens with one attached hydrogen (secondary N) is 1. The number of urea groups is 1. The summed E-state index contributed by atoms with van der Waals surface area (Å²) in [5.41, 5.74) is 1.78. The van der Waals surface area contributed by atoms with E-state index >= 15 is 0 Å². The van der Waals surface area contributed by atoms with Crippen molar-refractivity contribution in [1.29, 1.82) is 0 Å². The SMILES string of the molecule is O=C(Nc1cc2cc(-c3cccnn3)ccc2cn1)N1CCOCC1. The van der Waals surface area contributed by atoms with Gasteiger partial charge in [0.15, 0.2) is 0 Å². The molecule has 0 aliphatic carbocycles. The summed E-state index contributed by atoms with van der Waals surface area (Å²) in [7, 11) is 0.